The summed E-state index contributed by atoms with van der Waals surface area (Å²) in [7, 11) is 0. The molecule has 1 saturated carbocycles. The van der Waals surface area contributed by atoms with E-state index in [-0.39, 0.29) is 11.8 Å². The van der Waals surface area contributed by atoms with Crippen LogP contribution < -0.4 is 15.5 Å². The van der Waals surface area contributed by atoms with Gasteiger partial charge < -0.3 is 15.5 Å². The summed E-state index contributed by atoms with van der Waals surface area (Å²) < 4.78 is 0. The van der Waals surface area contributed by atoms with Crippen molar-refractivity contribution in [3.05, 3.63) is 24.5 Å². The average molecular weight is 328 g/mol. The van der Waals surface area contributed by atoms with Gasteiger partial charge in [-0.05, 0) is 62.6 Å². The van der Waals surface area contributed by atoms with E-state index in [0.717, 1.165) is 45.4 Å². The normalized spacial score (nSPS) is 30.3. The summed E-state index contributed by atoms with van der Waals surface area (Å²) in [6.45, 7) is 4.10. The van der Waals surface area contributed by atoms with E-state index >= 15 is 0 Å². The molecule has 3 atom stereocenters. The number of aromatic nitrogens is 1. The summed E-state index contributed by atoms with van der Waals surface area (Å²) in [5.41, 5.74) is 1.26. The highest BCUT2D eigenvalue weighted by Crippen LogP contribution is 2.33. The highest BCUT2D eigenvalue weighted by Gasteiger charge is 2.39. The minimum absolute atomic E-state index is 0.203. The molecule has 5 heteroatoms. The monoisotopic (exact) mass is 328 g/mol. The second kappa shape index (κ2) is 7.09. The van der Waals surface area contributed by atoms with Crippen LogP contribution in [0.15, 0.2) is 24.5 Å². The Morgan fingerprint density at radius 3 is 2.62 bits per heavy atom. The molecule has 1 amide bonds. The van der Waals surface area contributed by atoms with Gasteiger partial charge in [-0.25, -0.2) is 0 Å². The van der Waals surface area contributed by atoms with Crippen molar-refractivity contribution in [2.24, 2.45) is 17.8 Å². The topological polar surface area (TPSA) is 57.3 Å². The number of nitrogens with zero attached hydrogens (tertiary/aromatic N) is 2. The molecule has 5 rings (SSSR count). The second-order valence-electron chi connectivity index (χ2n) is 7.68. The van der Waals surface area contributed by atoms with Crippen molar-refractivity contribution < 1.29 is 4.79 Å². The lowest BCUT2D eigenvalue weighted by Gasteiger charge is -2.42. The largest absolute Gasteiger partial charge is 0.371 e. The summed E-state index contributed by atoms with van der Waals surface area (Å²) in [6, 6.07) is 4.57. The number of pyridine rings is 1. The fraction of sp³-hybridized carbons (Fsp3) is 0.684. The molecule has 1 aromatic rings. The predicted molar refractivity (Wildman–Crippen MR) is 94.8 cm³/mol. The number of rotatable bonds is 4. The third-order valence-corrected chi connectivity index (χ3v) is 6.17. The van der Waals surface area contributed by atoms with Crippen molar-refractivity contribution >= 4 is 11.6 Å². The summed E-state index contributed by atoms with van der Waals surface area (Å²) in [5, 5.41) is 6.79. The van der Waals surface area contributed by atoms with Crippen molar-refractivity contribution in [2.45, 2.75) is 38.1 Å². The molecule has 24 heavy (non-hydrogen) atoms. The molecule has 130 valence electrons. The summed E-state index contributed by atoms with van der Waals surface area (Å²) in [4.78, 5) is 19.1. The molecule has 4 aliphatic rings. The Labute approximate surface area is 144 Å². The smallest absolute Gasteiger partial charge is 0.224 e. The Bertz CT molecular complexity index is 548. The van der Waals surface area contributed by atoms with Gasteiger partial charge in [0.25, 0.3) is 0 Å². The van der Waals surface area contributed by atoms with E-state index in [2.05, 4.69) is 32.7 Å². The number of anilines is 1. The molecule has 1 aromatic heterocycles. The van der Waals surface area contributed by atoms with Crippen LogP contribution in [0, 0.1) is 17.8 Å². The number of fused-ring (bicyclic) bond motifs is 3. The van der Waals surface area contributed by atoms with Crippen molar-refractivity contribution in [3.63, 3.8) is 0 Å². The number of hydrogen-bond donors (Lipinski definition) is 2. The van der Waals surface area contributed by atoms with Gasteiger partial charge in [0.15, 0.2) is 0 Å². The Balaban J connectivity index is 1.22. The maximum Gasteiger partial charge on any atom is 0.224 e. The van der Waals surface area contributed by atoms with Crippen LogP contribution >= 0.6 is 0 Å². The zero-order valence-electron chi connectivity index (χ0n) is 14.3. The van der Waals surface area contributed by atoms with E-state index in [1.807, 2.05) is 12.4 Å². The quantitative estimate of drug-likeness (QED) is 0.885. The molecular weight excluding hydrogens is 300 g/mol. The van der Waals surface area contributed by atoms with Gasteiger partial charge in [-0.2, -0.15) is 0 Å². The highest BCUT2D eigenvalue weighted by atomic mass is 16.1. The summed E-state index contributed by atoms with van der Waals surface area (Å²) in [6.07, 6.45) is 9.57. The second-order valence-corrected chi connectivity index (χ2v) is 7.68. The molecule has 0 radical (unpaired) electrons. The predicted octanol–water partition coefficient (Wildman–Crippen LogP) is 1.80. The molecule has 2 bridgehead atoms. The van der Waals surface area contributed by atoms with E-state index in [0.29, 0.717) is 17.9 Å². The van der Waals surface area contributed by atoms with Crippen LogP contribution in [0.4, 0.5) is 5.69 Å². The maximum atomic E-state index is 12.5. The zero-order valence-corrected chi connectivity index (χ0v) is 14.3. The summed E-state index contributed by atoms with van der Waals surface area (Å²) in [5.74, 6) is 1.82. The van der Waals surface area contributed by atoms with Crippen LogP contribution in [0.3, 0.4) is 0 Å². The zero-order chi connectivity index (χ0) is 16.4. The lowest BCUT2D eigenvalue weighted by Crippen LogP contribution is -2.55. The van der Waals surface area contributed by atoms with E-state index < -0.39 is 0 Å². The molecule has 5 nitrogen and oxygen atoms in total. The van der Waals surface area contributed by atoms with Crippen molar-refractivity contribution in [2.75, 3.05) is 31.1 Å². The van der Waals surface area contributed by atoms with E-state index in [1.165, 1.54) is 18.5 Å². The molecule has 3 unspecified atom stereocenters. The van der Waals surface area contributed by atoms with Gasteiger partial charge in [0.2, 0.25) is 5.91 Å². The molecule has 4 heterocycles. The number of carbonyl (C=O) groups excluding carboxylic acids is 1. The van der Waals surface area contributed by atoms with Crippen LogP contribution in [-0.4, -0.2) is 43.1 Å². The minimum atomic E-state index is 0.203. The van der Waals surface area contributed by atoms with Gasteiger partial charge in [-0.15, -0.1) is 0 Å². The van der Waals surface area contributed by atoms with Crippen LogP contribution in [0.5, 0.6) is 0 Å². The van der Waals surface area contributed by atoms with Gasteiger partial charge in [-0.3, -0.25) is 9.78 Å². The Morgan fingerprint density at radius 1 is 1.21 bits per heavy atom. The van der Waals surface area contributed by atoms with E-state index in [9.17, 15) is 4.79 Å². The third-order valence-electron chi connectivity index (χ3n) is 6.17. The first-order valence-corrected chi connectivity index (χ1v) is 9.45. The fourth-order valence-electron chi connectivity index (χ4n) is 4.62. The van der Waals surface area contributed by atoms with Gasteiger partial charge >= 0.3 is 0 Å². The van der Waals surface area contributed by atoms with Gasteiger partial charge in [0.05, 0.1) is 5.92 Å². The molecular formula is C19H28N4O. The Morgan fingerprint density at radius 2 is 2.00 bits per heavy atom. The lowest BCUT2D eigenvalue weighted by molar-refractivity contribution is -0.128. The lowest BCUT2D eigenvalue weighted by atomic mass is 9.73. The Hall–Kier alpha value is -1.62. The highest BCUT2D eigenvalue weighted by molar-refractivity contribution is 5.79. The van der Waals surface area contributed by atoms with Crippen molar-refractivity contribution in [1.29, 1.82) is 0 Å². The first kappa shape index (κ1) is 15.9. The van der Waals surface area contributed by atoms with E-state index in [4.69, 9.17) is 0 Å². The molecule has 3 aliphatic heterocycles. The number of hydrogen-bond acceptors (Lipinski definition) is 4. The molecule has 3 saturated heterocycles. The fourth-order valence-corrected chi connectivity index (χ4v) is 4.62. The molecule has 1 aliphatic carbocycles. The van der Waals surface area contributed by atoms with Crippen LogP contribution in [0.2, 0.25) is 0 Å². The van der Waals surface area contributed by atoms with Crippen molar-refractivity contribution in [3.8, 4) is 0 Å². The first-order valence-electron chi connectivity index (χ1n) is 9.45. The summed E-state index contributed by atoms with van der Waals surface area (Å²) >= 11 is 0. The van der Waals surface area contributed by atoms with Crippen LogP contribution in [-0.2, 0) is 4.79 Å². The van der Waals surface area contributed by atoms with Crippen LogP contribution in [0.1, 0.15) is 32.1 Å². The number of nitrogens with one attached hydrogen (secondary N) is 2. The minimum Gasteiger partial charge on any atom is -0.371 e. The number of piperidine rings is 3. The standard InChI is InChI=1S/C19H28N4O/c24-19(17-11-15-1-2-18(17)21-13-15)22-12-14-5-9-23(10-6-14)16-3-7-20-8-4-16/h3-4,7-8,14-15,17-18,21H,1-2,5-6,9-13H2,(H,22,24). The Kier molecular flexibility index (Phi) is 4.69. The molecule has 0 aromatic carbocycles. The van der Waals surface area contributed by atoms with Gasteiger partial charge in [-0.1, -0.05) is 0 Å². The molecule has 0 spiro atoms. The van der Waals surface area contributed by atoms with Gasteiger partial charge in [0.1, 0.15) is 0 Å². The number of carbonyl (C=O) groups is 1. The molecule has 4 fully saturated rings. The first-order chi connectivity index (χ1) is 11.8. The average Bonchev–Trinajstić information content (AvgIpc) is 2.68. The van der Waals surface area contributed by atoms with Gasteiger partial charge in [0, 0.05) is 43.8 Å². The molecule has 2 N–H and O–H groups in total. The van der Waals surface area contributed by atoms with Crippen molar-refractivity contribution in [1.82, 2.24) is 15.6 Å². The maximum absolute atomic E-state index is 12.5. The van der Waals surface area contributed by atoms with E-state index in [1.54, 1.807) is 0 Å². The van der Waals surface area contributed by atoms with Crippen LogP contribution in [0.25, 0.3) is 0 Å². The SMILES string of the molecule is O=C(NCC1CCN(c2ccncc2)CC1)C1CC2CCC1NC2. The number of amides is 1. The third kappa shape index (κ3) is 3.41.